The maximum atomic E-state index is 13.3. The zero-order valence-corrected chi connectivity index (χ0v) is 12.6. The van der Waals surface area contributed by atoms with Crippen LogP contribution in [0.5, 0.6) is 0 Å². The molecule has 0 bridgehead atoms. The zero-order valence-electron chi connectivity index (χ0n) is 12.6. The molecule has 0 atom stereocenters. The Morgan fingerprint density at radius 1 is 1.45 bits per heavy atom. The topological polar surface area (TPSA) is 68.5 Å². The van der Waals surface area contributed by atoms with Gasteiger partial charge >= 0.3 is 0 Å². The summed E-state index contributed by atoms with van der Waals surface area (Å²) in [5.74, 6) is -0.759. The van der Waals surface area contributed by atoms with Gasteiger partial charge in [0.15, 0.2) is 6.61 Å². The Morgan fingerprint density at radius 2 is 2.18 bits per heavy atom. The first-order chi connectivity index (χ1) is 10.5. The van der Waals surface area contributed by atoms with Gasteiger partial charge in [-0.05, 0) is 19.9 Å². The number of amides is 1. The van der Waals surface area contributed by atoms with Crippen molar-refractivity contribution in [3.63, 3.8) is 0 Å². The van der Waals surface area contributed by atoms with Crippen LogP contribution in [0.25, 0.3) is 0 Å². The first-order valence-corrected chi connectivity index (χ1v) is 6.69. The Labute approximate surface area is 127 Å². The Bertz CT molecular complexity index is 710. The van der Waals surface area contributed by atoms with Crippen molar-refractivity contribution in [3.05, 3.63) is 47.0 Å². The summed E-state index contributed by atoms with van der Waals surface area (Å²) < 4.78 is 15.0. The highest BCUT2D eigenvalue weighted by Crippen LogP contribution is 2.17. The van der Waals surface area contributed by atoms with E-state index < -0.39 is 5.82 Å². The molecule has 1 aromatic carbocycles. The van der Waals surface area contributed by atoms with Gasteiger partial charge in [-0.15, -0.1) is 0 Å². The lowest BCUT2D eigenvalue weighted by atomic mass is 10.2. The van der Waals surface area contributed by atoms with Crippen molar-refractivity contribution in [2.45, 2.75) is 13.8 Å². The van der Waals surface area contributed by atoms with Crippen LogP contribution in [0.15, 0.2) is 29.4 Å². The van der Waals surface area contributed by atoms with E-state index in [1.165, 1.54) is 12.3 Å². The zero-order chi connectivity index (χ0) is 16.1. The van der Waals surface area contributed by atoms with E-state index in [1.54, 1.807) is 36.9 Å². The number of carbonyl (C=O) groups excluding carboxylic acids is 1. The lowest BCUT2D eigenvalue weighted by Crippen LogP contribution is -2.18. The fourth-order valence-corrected chi connectivity index (χ4v) is 1.90. The molecule has 6 nitrogen and oxygen atoms in total. The number of nitrogens with zero attached hydrogens (tertiary/aromatic N) is 3. The van der Waals surface area contributed by atoms with E-state index in [0.717, 1.165) is 11.4 Å². The lowest BCUT2D eigenvalue weighted by molar-refractivity contribution is -0.120. The second kappa shape index (κ2) is 6.84. The van der Waals surface area contributed by atoms with E-state index in [-0.39, 0.29) is 12.5 Å². The predicted molar refractivity (Wildman–Crippen MR) is 81.3 cm³/mol. The fourth-order valence-electron chi connectivity index (χ4n) is 1.90. The number of benzene rings is 1. The lowest BCUT2D eigenvalue weighted by Gasteiger charge is -2.04. The molecule has 0 unspecified atom stereocenters. The van der Waals surface area contributed by atoms with Gasteiger partial charge in [0.1, 0.15) is 5.82 Å². The maximum Gasteiger partial charge on any atom is 0.265 e. The Morgan fingerprint density at radius 3 is 2.82 bits per heavy atom. The average molecular weight is 304 g/mol. The van der Waals surface area contributed by atoms with Gasteiger partial charge in [0.25, 0.3) is 5.91 Å². The summed E-state index contributed by atoms with van der Waals surface area (Å²) in [7, 11) is 1.80. The van der Waals surface area contributed by atoms with Gasteiger partial charge in [0.05, 0.1) is 23.3 Å². The van der Waals surface area contributed by atoms with E-state index >= 15 is 0 Å². The molecule has 7 heteroatoms. The molecule has 0 aliphatic carbocycles. The highest BCUT2D eigenvalue weighted by molar-refractivity contribution is 5.92. The van der Waals surface area contributed by atoms with Crippen molar-refractivity contribution in [1.29, 1.82) is 0 Å². The molecule has 1 aromatic heterocycles. The van der Waals surface area contributed by atoms with Crippen molar-refractivity contribution in [3.8, 4) is 0 Å². The molecule has 0 saturated carbocycles. The van der Waals surface area contributed by atoms with E-state index in [2.05, 4.69) is 15.6 Å². The van der Waals surface area contributed by atoms with Crippen molar-refractivity contribution < 1.29 is 14.0 Å². The summed E-state index contributed by atoms with van der Waals surface area (Å²) in [6.07, 6.45) is 1.23. The standard InChI is InChI=1S/C15H17FN4O2/c1-10-15(11(2)20(3)19-10)18-14(21)9-22-17-8-12-6-4-5-7-13(12)16/h4-8H,9H2,1-3H3,(H,18,21)/b17-8-. The number of aryl methyl sites for hydroxylation is 2. The van der Waals surface area contributed by atoms with Crippen molar-refractivity contribution in [2.24, 2.45) is 12.2 Å². The van der Waals surface area contributed by atoms with E-state index in [0.29, 0.717) is 11.3 Å². The third kappa shape index (κ3) is 3.69. The second-order valence-corrected chi connectivity index (χ2v) is 4.75. The summed E-state index contributed by atoms with van der Waals surface area (Å²) in [5.41, 5.74) is 2.53. The summed E-state index contributed by atoms with van der Waals surface area (Å²) in [6.45, 7) is 3.39. The van der Waals surface area contributed by atoms with Gasteiger partial charge in [-0.25, -0.2) is 4.39 Å². The van der Waals surface area contributed by atoms with E-state index in [1.807, 2.05) is 6.92 Å². The fraction of sp³-hybridized carbons (Fsp3) is 0.267. The summed E-state index contributed by atoms with van der Waals surface area (Å²) in [4.78, 5) is 16.7. The van der Waals surface area contributed by atoms with Crippen LogP contribution >= 0.6 is 0 Å². The number of hydrogen-bond donors (Lipinski definition) is 1. The van der Waals surface area contributed by atoms with Gasteiger partial charge in [-0.2, -0.15) is 5.10 Å². The summed E-state index contributed by atoms with van der Waals surface area (Å²) in [5, 5.41) is 10.5. The van der Waals surface area contributed by atoms with Gasteiger partial charge in [0, 0.05) is 12.6 Å². The number of hydrogen-bond acceptors (Lipinski definition) is 4. The van der Waals surface area contributed by atoms with Gasteiger partial charge in [-0.1, -0.05) is 23.4 Å². The van der Waals surface area contributed by atoms with Crippen LogP contribution in [0.4, 0.5) is 10.1 Å². The summed E-state index contributed by atoms with van der Waals surface area (Å²) in [6, 6.07) is 6.15. The molecule has 1 N–H and O–H groups in total. The van der Waals surface area contributed by atoms with Crippen LogP contribution in [-0.2, 0) is 16.7 Å². The van der Waals surface area contributed by atoms with Gasteiger partial charge < -0.3 is 10.2 Å². The van der Waals surface area contributed by atoms with Crippen LogP contribution in [-0.4, -0.2) is 28.5 Å². The van der Waals surface area contributed by atoms with Crippen LogP contribution < -0.4 is 5.32 Å². The molecular weight excluding hydrogens is 287 g/mol. The highest BCUT2D eigenvalue weighted by atomic mass is 19.1. The molecule has 0 radical (unpaired) electrons. The number of anilines is 1. The summed E-state index contributed by atoms with van der Waals surface area (Å²) >= 11 is 0. The number of carbonyl (C=O) groups is 1. The number of rotatable bonds is 5. The number of nitrogens with one attached hydrogen (secondary N) is 1. The normalized spacial score (nSPS) is 10.9. The molecule has 0 fully saturated rings. The molecule has 2 aromatic rings. The quantitative estimate of drug-likeness (QED) is 0.680. The monoisotopic (exact) mass is 304 g/mol. The Hall–Kier alpha value is -2.70. The highest BCUT2D eigenvalue weighted by Gasteiger charge is 2.12. The average Bonchev–Trinajstić information content (AvgIpc) is 2.72. The van der Waals surface area contributed by atoms with Gasteiger partial charge in [-0.3, -0.25) is 9.48 Å². The second-order valence-electron chi connectivity index (χ2n) is 4.75. The smallest absolute Gasteiger partial charge is 0.265 e. The van der Waals surface area contributed by atoms with E-state index in [9.17, 15) is 9.18 Å². The van der Waals surface area contributed by atoms with E-state index in [4.69, 9.17) is 4.84 Å². The van der Waals surface area contributed by atoms with Crippen molar-refractivity contribution >= 4 is 17.8 Å². The van der Waals surface area contributed by atoms with Gasteiger partial charge in [0.2, 0.25) is 0 Å². The third-order valence-electron chi connectivity index (χ3n) is 3.14. The van der Waals surface area contributed by atoms with Crippen LogP contribution in [0.3, 0.4) is 0 Å². The first kappa shape index (κ1) is 15.7. The molecule has 0 aliphatic rings. The molecule has 1 amide bonds. The number of aromatic nitrogens is 2. The molecule has 2 rings (SSSR count). The first-order valence-electron chi connectivity index (χ1n) is 6.69. The third-order valence-corrected chi connectivity index (χ3v) is 3.14. The molecular formula is C15H17FN4O2. The Kier molecular flexibility index (Phi) is 4.88. The van der Waals surface area contributed by atoms with Crippen molar-refractivity contribution in [2.75, 3.05) is 11.9 Å². The molecule has 0 aliphatic heterocycles. The number of halogens is 1. The maximum absolute atomic E-state index is 13.3. The Balaban J connectivity index is 1.87. The molecule has 0 spiro atoms. The minimum atomic E-state index is -0.402. The van der Waals surface area contributed by atoms with Crippen molar-refractivity contribution in [1.82, 2.24) is 9.78 Å². The minimum absolute atomic E-state index is 0.265. The molecule has 0 saturated heterocycles. The predicted octanol–water partition coefficient (Wildman–Crippen LogP) is 2.17. The van der Waals surface area contributed by atoms with Crippen LogP contribution in [0, 0.1) is 19.7 Å². The number of oxime groups is 1. The largest absolute Gasteiger partial charge is 0.386 e. The molecule has 116 valence electrons. The minimum Gasteiger partial charge on any atom is -0.386 e. The van der Waals surface area contributed by atoms with Crippen LogP contribution in [0.2, 0.25) is 0 Å². The molecule has 22 heavy (non-hydrogen) atoms. The SMILES string of the molecule is Cc1nn(C)c(C)c1NC(=O)CO/N=C\c1ccccc1F. The molecule has 1 heterocycles. The van der Waals surface area contributed by atoms with Crippen LogP contribution in [0.1, 0.15) is 17.0 Å².